The number of Topliss-reactive ketones (excluding diaryl/α,β-unsaturated/α-hetero) is 1. The molecule has 2 aliphatic rings. The Labute approximate surface area is 78.0 Å². The number of carbonyl (C=O) groups excluding carboxylic acids is 2. The van der Waals surface area contributed by atoms with E-state index >= 15 is 0 Å². The summed E-state index contributed by atoms with van der Waals surface area (Å²) >= 11 is 0. The Morgan fingerprint density at radius 2 is 2.15 bits per heavy atom. The summed E-state index contributed by atoms with van der Waals surface area (Å²) in [5, 5.41) is 0. The molecular formula is C11H14O2. The molecule has 0 N–H and O–H groups in total. The van der Waals surface area contributed by atoms with Crippen LogP contribution in [0.1, 0.15) is 26.7 Å². The highest BCUT2D eigenvalue weighted by Crippen LogP contribution is 2.45. The second kappa shape index (κ2) is 2.79. The lowest BCUT2D eigenvalue weighted by molar-refractivity contribution is -0.127. The normalized spacial score (nSPS) is 37.5. The van der Waals surface area contributed by atoms with Crippen molar-refractivity contribution in [3.8, 4) is 0 Å². The van der Waals surface area contributed by atoms with Crippen LogP contribution in [0.15, 0.2) is 11.6 Å². The van der Waals surface area contributed by atoms with E-state index in [2.05, 4.69) is 0 Å². The van der Waals surface area contributed by atoms with Crippen molar-refractivity contribution in [3.05, 3.63) is 11.6 Å². The summed E-state index contributed by atoms with van der Waals surface area (Å²) in [4.78, 5) is 22.8. The molecule has 2 aliphatic carbocycles. The van der Waals surface area contributed by atoms with Crippen LogP contribution in [0.3, 0.4) is 0 Å². The van der Waals surface area contributed by atoms with E-state index < -0.39 is 0 Å². The molecule has 0 aromatic rings. The Bertz CT molecular complexity index is 301. The Balaban J connectivity index is 2.27. The van der Waals surface area contributed by atoms with Gasteiger partial charge in [0.1, 0.15) is 5.78 Å². The van der Waals surface area contributed by atoms with Gasteiger partial charge in [0.2, 0.25) is 0 Å². The third-order valence-electron chi connectivity index (χ3n) is 3.46. The van der Waals surface area contributed by atoms with Crippen LogP contribution in [-0.2, 0) is 9.59 Å². The van der Waals surface area contributed by atoms with Gasteiger partial charge < -0.3 is 0 Å². The molecule has 0 unspecified atom stereocenters. The zero-order valence-electron chi connectivity index (χ0n) is 8.04. The number of fused-ring (bicyclic) bond motifs is 1. The molecule has 0 saturated heterocycles. The van der Waals surface area contributed by atoms with Gasteiger partial charge in [-0.15, -0.1) is 0 Å². The van der Waals surface area contributed by atoms with Gasteiger partial charge in [-0.1, -0.05) is 5.57 Å². The molecular weight excluding hydrogens is 164 g/mol. The van der Waals surface area contributed by atoms with E-state index in [1.807, 2.05) is 6.92 Å². The fourth-order valence-corrected chi connectivity index (χ4v) is 2.79. The second-order valence-electron chi connectivity index (χ2n) is 4.22. The summed E-state index contributed by atoms with van der Waals surface area (Å²) in [6, 6.07) is 0. The molecule has 0 heterocycles. The lowest BCUT2D eigenvalue weighted by Gasteiger charge is -2.14. The molecule has 0 bridgehead atoms. The standard InChI is InChI=1S/C11H14O2/c1-6-5-10(13)11-8(6)3-4-9(11)7(2)12/h5,8-9,11H,3-4H2,1-2H3/t8-,9-,11+/m1/s1. The first-order chi connectivity index (χ1) is 6.11. The summed E-state index contributed by atoms with van der Waals surface area (Å²) in [6.07, 6.45) is 3.65. The fourth-order valence-electron chi connectivity index (χ4n) is 2.79. The summed E-state index contributed by atoms with van der Waals surface area (Å²) in [6.45, 7) is 3.61. The highest BCUT2D eigenvalue weighted by atomic mass is 16.1. The van der Waals surface area contributed by atoms with E-state index in [1.54, 1.807) is 13.0 Å². The first-order valence-electron chi connectivity index (χ1n) is 4.83. The van der Waals surface area contributed by atoms with E-state index in [0.717, 1.165) is 12.8 Å². The Morgan fingerprint density at radius 1 is 1.46 bits per heavy atom. The molecule has 0 aromatic heterocycles. The zero-order chi connectivity index (χ0) is 9.59. The summed E-state index contributed by atoms with van der Waals surface area (Å²) in [5.74, 6) is 0.745. The fraction of sp³-hybridized carbons (Fsp3) is 0.636. The largest absolute Gasteiger partial charge is 0.300 e. The molecule has 2 heteroatoms. The Kier molecular flexibility index (Phi) is 1.86. The van der Waals surface area contributed by atoms with Crippen molar-refractivity contribution in [2.75, 3.05) is 0 Å². The maximum atomic E-state index is 11.6. The Morgan fingerprint density at radius 3 is 2.77 bits per heavy atom. The molecule has 70 valence electrons. The minimum atomic E-state index is -0.00231. The lowest BCUT2D eigenvalue weighted by atomic mass is 9.87. The average molecular weight is 178 g/mol. The quantitative estimate of drug-likeness (QED) is 0.613. The van der Waals surface area contributed by atoms with Crippen molar-refractivity contribution in [1.82, 2.24) is 0 Å². The molecule has 1 saturated carbocycles. The average Bonchev–Trinajstić information content (AvgIpc) is 2.55. The maximum absolute atomic E-state index is 11.6. The van der Waals surface area contributed by atoms with Gasteiger partial charge in [-0.3, -0.25) is 9.59 Å². The van der Waals surface area contributed by atoms with Crippen molar-refractivity contribution in [1.29, 1.82) is 0 Å². The van der Waals surface area contributed by atoms with Crippen molar-refractivity contribution < 1.29 is 9.59 Å². The first-order valence-corrected chi connectivity index (χ1v) is 4.83. The molecule has 0 radical (unpaired) electrons. The van der Waals surface area contributed by atoms with Crippen LogP contribution < -0.4 is 0 Å². The van der Waals surface area contributed by atoms with Crippen LogP contribution in [0.5, 0.6) is 0 Å². The van der Waals surface area contributed by atoms with Crippen LogP contribution >= 0.6 is 0 Å². The summed E-state index contributed by atoms with van der Waals surface area (Å²) in [5.41, 5.74) is 1.18. The summed E-state index contributed by atoms with van der Waals surface area (Å²) in [7, 11) is 0. The number of ketones is 2. The van der Waals surface area contributed by atoms with Crippen molar-refractivity contribution in [2.24, 2.45) is 17.8 Å². The van der Waals surface area contributed by atoms with Gasteiger partial charge in [0, 0.05) is 11.8 Å². The highest BCUT2D eigenvalue weighted by molar-refractivity contribution is 5.99. The van der Waals surface area contributed by atoms with E-state index in [0.29, 0.717) is 5.92 Å². The molecule has 0 amide bonds. The van der Waals surface area contributed by atoms with Gasteiger partial charge in [0.15, 0.2) is 5.78 Å². The number of hydrogen-bond donors (Lipinski definition) is 0. The van der Waals surface area contributed by atoms with Crippen molar-refractivity contribution in [2.45, 2.75) is 26.7 Å². The maximum Gasteiger partial charge on any atom is 0.160 e. The molecule has 0 spiro atoms. The monoisotopic (exact) mass is 178 g/mol. The lowest BCUT2D eigenvalue weighted by Crippen LogP contribution is -2.23. The molecule has 2 rings (SSSR count). The van der Waals surface area contributed by atoms with Crippen LogP contribution in [0.2, 0.25) is 0 Å². The second-order valence-corrected chi connectivity index (χ2v) is 4.22. The van der Waals surface area contributed by atoms with Gasteiger partial charge in [0.05, 0.1) is 0 Å². The minimum Gasteiger partial charge on any atom is -0.300 e. The molecule has 1 fully saturated rings. The topological polar surface area (TPSA) is 34.1 Å². The van der Waals surface area contributed by atoms with Gasteiger partial charge in [-0.05, 0) is 38.7 Å². The third kappa shape index (κ3) is 1.16. The number of carbonyl (C=O) groups is 2. The summed E-state index contributed by atoms with van der Waals surface area (Å²) < 4.78 is 0. The van der Waals surface area contributed by atoms with Crippen LogP contribution in [0.25, 0.3) is 0 Å². The van der Waals surface area contributed by atoms with Gasteiger partial charge >= 0.3 is 0 Å². The number of rotatable bonds is 1. The van der Waals surface area contributed by atoms with Crippen LogP contribution in [-0.4, -0.2) is 11.6 Å². The molecule has 0 aromatic carbocycles. The molecule has 3 atom stereocenters. The predicted molar refractivity (Wildman–Crippen MR) is 49.1 cm³/mol. The molecule has 2 nitrogen and oxygen atoms in total. The predicted octanol–water partition coefficient (Wildman–Crippen LogP) is 1.75. The number of hydrogen-bond acceptors (Lipinski definition) is 2. The van der Waals surface area contributed by atoms with Crippen molar-refractivity contribution >= 4 is 11.6 Å². The zero-order valence-corrected chi connectivity index (χ0v) is 8.04. The molecule has 13 heavy (non-hydrogen) atoms. The van der Waals surface area contributed by atoms with Gasteiger partial charge in [0.25, 0.3) is 0 Å². The van der Waals surface area contributed by atoms with Gasteiger partial charge in [-0.25, -0.2) is 0 Å². The van der Waals surface area contributed by atoms with Gasteiger partial charge in [-0.2, -0.15) is 0 Å². The SMILES string of the molecule is CC(=O)[C@H]1CC[C@@H]2C(C)=CC(=O)[C@H]12. The van der Waals surface area contributed by atoms with Crippen LogP contribution in [0, 0.1) is 17.8 Å². The Hall–Kier alpha value is -0.920. The van der Waals surface area contributed by atoms with E-state index in [1.165, 1.54) is 5.57 Å². The van der Waals surface area contributed by atoms with E-state index in [-0.39, 0.29) is 23.4 Å². The van der Waals surface area contributed by atoms with Crippen molar-refractivity contribution in [3.63, 3.8) is 0 Å². The van der Waals surface area contributed by atoms with E-state index in [4.69, 9.17) is 0 Å². The first kappa shape index (κ1) is 8.67. The molecule has 0 aliphatic heterocycles. The number of allylic oxidation sites excluding steroid dienone is 2. The van der Waals surface area contributed by atoms with Crippen LogP contribution in [0.4, 0.5) is 0 Å². The third-order valence-corrected chi connectivity index (χ3v) is 3.46. The minimum absolute atomic E-state index is 0.00231. The highest BCUT2D eigenvalue weighted by Gasteiger charge is 2.45. The van der Waals surface area contributed by atoms with E-state index in [9.17, 15) is 9.59 Å². The smallest absolute Gasteiger partial charge is 0.160 e.